The molecule has 14 heteroatoms. The van der Waals surface area contributed by atoms with Gasteiger partial charge in [0.05, 0.1) is 26.7 Å². The molecule has 214 valence electrons. The van der Waals surface area contributed by atoms with Crippen molar-refractivity contribution < 1.29 is 23.5 Å². The number of carbonyl (C=O) groups is 3. The number of thioether (sulfide) groups is 1. The molecule has 0 spiro atoms. The van der Waals surface area contributed by atoms with Crippen molar-refractivity contribution in [2.45, 2.75) is 16.2 Å². The highest BCUT2D eigenvalue weighted by Gasteiger charge is 2.56. The van der Waals surface area contributed by atoms with Crippen molar-refractivity contribution in [1.82, 2.24) is 4.98 Å². The predicted octanol–water partition coefficient (Wildman–Crippen LogP) is 6.46. The number of thiazole rings is 1. The van der Waals surface area contributed by atoms with Gasteiger partial charge < -0.3 is 15.0 Å². The summed E-state index contributed by atoms with van der Waals surface area (Å²) >= 11 is 17.5. The first-order valence-electron chi connectivity index (χ1n) is 12.3. The maximum Gasteiger partial charge on any atom is 0.305 e. The number of halogens is 4. The van der Waals surface area contributed by atoms with Crippen LogP contribution >= 0.6 is 62.2 Å². The van der Waals surface area contributed by atoms with E-state index in [9.17, 15) is 23.6 Å². The summed E-state index contributed by atoms with van der Waals surface area (Å²) < 4.78 is 20.2. The Kier molecular flexibility index (Phi) is 7.92. The predicted molar refractivity (Wildman–Crippen MR) is 164 cm³/mol. The van der Waals surface area contributed by atoms with E-state index in [1.54, 1.807) is 30.3 Å². The Bertz CT molecular complexity index is 1820. The number of aromatic nitrogens is 1. The minimum atomic E-state index is -0.895. The number of rotatable bonds is 6. The molecule has 4 aromatic rings. The van der Waals surface area contributed by atoms with Gasteiger partial charge in [-0.05, 0) is 60.7 Å². The van der Waals surface area contributed by atoms with Crippen LogP contribution in [-0.4, -0.2) is 34.6 Å². The van der Waals surface area contributed by atoms with Crippen LogP contribution in [0.1, 0.15) is 16.4 Å². The number of fused-ring (bicyclic) bond motifs is 2. The number of hydrogen-bond donors (Lipinski definition) is 2. The minimum absolute atomic E-state index is 0.252. The van der Waals surface area contributed by atoms with Crippen LogP contribution in [0.5, 0.6) is 5.75 Å². The fourth-order valence-electron chi connectivity index (χ4n) is 5.00. The summed E-state index contributed by atoms with van der Waals surface area (Å²) in [6, 6.07) is 14.9. The minimum Gasteiger partial charge on any atom is -0.483 e. The summed E-state index contributed by atoms with van der Waals surface area (Å²) in [5.74, 6) is -3.27. The highest BCUT2D eigenvalue weighted by atomic mass is 79.9. The molecular formula is C28H17BrCl2FN3O5S2. The fourth-order valence-corrected chi connectivity index (χ4v) is 8.19. The third kappa shape index (κ3) is 5.37. The maximum absolute atomic E-state index is 13.9. The molecule has 3 heterocycles. The Morgan fingerprint density at radius 1 is 1.02 bits per heavy atom. The number of imide groups is 1. The number of ether oxygens (including phenoxy) is 1. The zero-order valence-corrected chi connectivity index (χ0v) is 25.8. The van der Waals surface area contributed by atoms with Crippen molar-refractivity contribution in [1.29, 1.82) is 0 Å². The van der Waals surface area contributed by atoms with Gasteiger partial charge >= 0.3 is 4.87 Å². The zero-order chi connectivity index (χ0) is 29.7. The fraction of sp³-hybridized carbons (Fsp3) is 0.143. The van der Waals surface area contributed by atoms with Gasteiger partial charge in [0.1, 0.15) is 16.8 Å². The van der Waals surface area contributed by atoms with Crippen molar-refractivity contribution in [2.24, 2.45) is 5.92 Å². The molecule has 1 saturated heterocycles. The van der Waals surface area contributed by atoms with Crippen LogP contribution in [0.25, 0.3) is 0 Å². The molecule has 3 unspecified atom stereocenters. The van der Waals surface area contributed by atoms with E-state index in [1.807, 2.05) is 0 Å². The van der Waals surface area contributed by atoms with Crippen molar-refractivity contribution in [2.75, 3.05) is 16.8 Å². The van der Waals surface area contributed by atoms with E-state index >= 15 is 0 Å². The van der Waals surface area contributed by atoms with Crippen LogP contribution in [0.3, 0.4) is 0 Å². The highest BCUT2D eigenvalue weighted by Crippen LogP contribution is 2.54. The lowest BCUT2D eigenvalue weighted by atomic mass is 9.82. The molecule has 6 rings (SSSR count). The number of nitrogens with one attached hydrogen (secondary N) is 2. The van der Waals surface area contributed by atoms with E-state index in [4.69, 9.17) is 27.9 Å². The zero-order valence-electron chi connectivity index (χ0n) is 21.0. The van der Waals surface area contributed by atoms with Crippen molar-refractivity contribution in [3.8, 4) is 5.75 Å². The van der Waals surface area contributed by atoms with Crippen LogP contribution in [0.4, 0.5) is 15.8 Å². The molecule has 3 amide bonds. The van der Waals surface area contributed by atoms with Gasteiger partial charge in [0.25, 0.3) is 5.91 Å². The number of carbonyl (C=O) groups excluding carboxylic acids is 3. The van der Waals surface area contributed by atoms with Crippen LogP contribution in [0.15, 0.2) is 75.0 Å². The number of nitrogens with zero attached hydrogens (tertiary/aromatic N) is 1. The van der Waals surface area contributed by atoms with Crippen LogP contribution in [-0.2, 0) is 14.4 Å². The smallest absolute Gasteiger partial charge is 0.305 e. The van der Waals surface area contributed by atoms with Crippen LogP contribution < -0.4 is 19.8 Å². The normalized spacial score (nSPS) is 19.4. The number of aromatic amines is 1. The number of anilines is 2. The van der Waals surface area contributed by atoms with Crippen LogP contribution in [0, 0.1) is 11.7 Å². The first-order valence-corrected chi connectivity index (χ1v) is 15.6. The molecule has 1 fully saturated rings. The molecule has 3 atom stereocenters. The molecule has 1 aromatic heterocycles. The molecule has 2 N–H and O–H groups in total. The van der Waals surface area contributed by atoms with E-state index in [1.165, 1.54) is 30.3 Å². The van der Waals surface area contributed by atoms with E-state index < -0.39 is 40.6 Å². The number of amides is 3. The summed E-state index contributed by atoms with van der Waals surface area (Å²) in [5.41, 5.74) is 1.20. The lowest BCUT2D eigenvalue weighted by Gasteiger charge is -2.31. The van der Waals surface area contributed by atoms with E-state index in [0.717, 1.165) is 28.0 Å². The second kappa shape index (κ2) is 11.5. The molecular weight excluding hydrogens is 692 g/mol. The average Bonchev–Trinajstić information content (AvgIpc) is 3.44. The van der Waals surface area contributed by atoms with Gasteiger partial charge in [0, 0.05) is 26.5 Å². The topological polar surface area (TPSA) is 109 Å². The van der Waals surface area contributed by atoms with Gasteiger partial charge in [0.15, 0.2) is 6.61 Å². The summed E-state index contributed by atoms with van der Waals surface area (Å²) in [5, 5.41) is 2.95. The van der Waals surface area contributed by atoms with Gasteiger partial charge in [-0.25, -0.2) is 9.29 Å². The first-order chi connectivity index (χ1) is 20.1. The van der Waals surface area contributed by atoms with E-state index in [0.29, 0.717) is 36.4 Å². The Hall–Kier alpha value is -3.16. The van der Waals surface area contributed by atoms with Crippen molar-refractivity contribution >= 4 is 91.3 Å². The van der Waals surface area contributed by atoms with Gasteiger partial charge in [0.2, 0.25) is 11.8 Å². The average molecular weight is 709 g/mol. The number of H-pyrrole nitrogens is 1. The molecule has 42 heavy (non-hydrogen) atoms. The summed E-state index contributed by atoms with van der Waals surface area (Å²) in [6.07, 6.45) is 0. The van der Waals surface area contributed by atoms with Gasteiger partial charge in [-0.15, -0.1) is 0 Å². The number of hydrogen-bond acceptors (Lipinski definition) is 7. The summed E-state index contributed by atoms with van der Waals surface area (Å²) in [4.78, 5) is 56.8. The van der Waals surface area contributed by atoms with Crippen molar-refractivity contribution in [3.63, 3.8) is 0 Å². The lowest BCUT2D eigenvalue weighted by Crippen LogP contribution is -2.32. The maximum atomic E-state index is 13.9. The molecule has 0 aliphatic carbocycles. The highest BCUT2D eigenvalue weighted by molar-refractivity contribution is 9.10. The molecule has 2 aliphatic rings. The summed E-state index contributed by atoms with van der Waals surface area (Å²) in [6.45, 7) is -0.380. The van der Waals surface area contributed by atoms with Gasteiger partial charge in [-0.1, -0.05) is 62.2 Å². The van der Waals surface area contributed by atoms with Gasteiger partial charge in [-0.2, -0.15) is 0 Å². The standard InChI is InChI=1S/C28H17BrCl2FN3O5S2/c29-12-1-8-19(40-11-20(36)33-14-4-7-17(30)18(31)10-14)16(9-12)21-22-24(41-25-23(21)42-28(39)34-25)27(38)35(26(22)37)15-5-2-13(32)3-6-15/h1-10,21-22,24H,11H2,(H,33,36)(H,34,39). The molecule has 0 radical (unpaired) electrons. The lowest BCUT2D eigenvalue weighted by molar-refractivity contribution is -0.122. The Labute approximate surface area is 264 Å². The quantitative estimate of drug-likeness (QED) is 0.223. The molecule has 0 bridgehead atoms. The second-order valence-corrected chi connectivity index (χ2v) is 13.3. The van der Waals surface area contributed by atoms with Crippen molar-refractivity contribution in [3.05, 3.63) is 101 Å². The monoisotopic (exact) mass is 707 g/mol. The summed E-state index contributed by atoms with van der Waals surface area (Å²) in [7, 11) is 0. The Morgan fingerprint density at radius 3 is 2.52 bits per heavy atom. The largest absolute Gasteiger partial charge is 0.483 e. The SMILES string of the molecule is O=C(COc1ccc(Br)cc1C1c2sc(=O)[nH]c2SC2C(=O)N(c3ccc(F)cc3)C(=O)C21)Nc1ccc(Cl)c(Cl)c1. The second-order valence-electron chi connectivity index (χ2n) is 9.39. The molecule has 3 aromatic carbocycles. The molecule has 2 aliphatic heterocycles. The number of benzene rings is 3. The third-order valence-electron chi connectivity index (χ3n) is 6.78. The molecule has 8 nitrogen and oxygen atoms in total. The first kappa shape index (κ1) is 28.9. The van der Waals surface area contributed by atoms with Crippen LogP contribution in [0.2, 0.25) is 10.0 Å². The van der Waals surface area contributed by atoms with E-state index in [-0.39, 0.29) is 22.2 Å². The Balaban J connectivity index is 1.35. The molecule has 0 saturated carbocycles. The van der Waals surface area contributed by atoms with Gasteiger partial charge in [-0.3, -0.25) is 19.2 Å². The Morgan fingerprint density at radius 2 is 1.79 bits per heavy atom. The third-order valence-corrected chi connectivity index (χ3v) is 10.4. The van der Waals surface area contributed by atoms with E-state index in [2.05, 4.69) is 26.2 Å².